The van der Waals surface area contributed by atoms with Crippen molar-refractivity contribution in [2.75, 3.05) is 39.3 Å². The Morgan fingerprint density at radius 2 is 1.60 bits per heavy atom. The normalized spacial score (nSPS) is 15.0. The predicted octanol–water partition coefficient (Wildman–Crippen LogP) is 2.01. The molecule has 0 bridgehead atoms. The van der Waals surface area contributed by atoms with Crippen LogP contribution in [0.1, 0.15) is 28.4 Å². The van der Waals surface area contributed by atoms with Crippen LogP contribution in [0.25, 0.3) is 0 Å². The average molecular weight is 413 g/mol. The molecule has 7 heteroatoms. The molecule has 1 fully saturated rings. The lowest BCUT2D eigenvalue weighted by atomic mass is 10.1. The Kier molecular flexibility index (Phi) is 7.93. The molecular formula is C23H29FN4O2. The molecule has 0 saturated carbocycles. The van der Waals surface area contributed by atoms with Crippen molar-refractivity contribution < 1.29 is 14.0 Å². The number of piperazine rings is 1. The van der Waals surface area contributed by atoms with Crippen molar-refractivity contribution in [1.82, 2.24) is 20.4 Å². The SMILES string of the molecule is CCN1CCN(Cc2ccc(CNC(=O)CNC(=O)c3cccc(F)c3)cc2)CC1. The zero-order chi connectivity index (χ0) is 21.3. The maximum Gasteiger partial charge on any atom is 0.251 e. The number of carbonyl (C=O) groups is 2. The minimum Gasteiger partial charge on any atom is -0.350 e. The molecule has 0 unspecified atom stereocenters. The van der Waals surface area contributed by atoms with Gasteiger partial charge in [-0.15, -0.1) is 0 Å². The summed E-state index contributed by atoms with van der Waals surface area (Å²) in [4.78, 5) is 28.9. The molecule has 2 N–H and O–H groups in total. The van der Waals surface area contributed by atoms with Gasteiger partial charge in [0.05, 0.1) is 6.54 Å². The molecule has 3 rings (SSSR count). The van der Waals surface area contributed by atoms with E-state index < -0.39 is 11.7 Å². The number of carbonyl (C=O) groups excluding carboxylic acids is 2. The quantitative estimate of drug-likeness (QED) is 0.696. The van der Waals surface area contributed by atoms with E-state index in [1.165, 1.54) is 23.8 Å². The molecule has 1 aliphatic rings. The van der Waals surface area contributed by atoms with Crippen LogP contribution in [0.15, 0.2) is 48.5 Å². The average Bonchev–Trinajstić information content (AvgIpc) is 2.77. The number of amides is 2. The second-order valence-corrected chi connectivity index (χ2v) is 7.50. The third kappa shape index (κ3) is 6.64. The van der Waals surface area contributed by atoms with Crippen LogP contribution in [0.3, 0.4) is 0 Å². The molecule has 0 aromatic heterocycles. The Morgan fingerprint density at radius 3 is 2.27 bits per heavy atom. The van der Waals surface area contributed by atoms with Gasteiger partial charge in [0.1, 0.15) is 5.82 Å². The van der Waals surface area contributed by atoms with Crippen LogP contribution < -0.4 is 10.6 Å². The van der Waals surface area contributed by atoms with Crippen LogP contribution in [-0.4, -0.2) is 60.9 Å². The van der Waals surface area contributed by atoms with Crippen LogP contribution in [0, 0.1) is 5.82 Å². The third-order valence-corrected chi connectivity index (χ3v) is 5.33. The van der Waals surface area contributed by atoms with Crippen LogP contribution in [0.4, 0.5) is 4.39 Å². The van der Waals surface area contributed by atoms with E-state index in [0.717, 1.165) is 50.9 Å². The fourth-order valence-electron chi connectivity index (χ4n) is 3.44. The first kappa shape index (κ1) is 21.9. The highest BCUT2D eigenvalue weighted by atomic mass is 19.1. The van der Waals surface area contributed by atoms with E-state index in [0.29, 0.717) is 6.54 Å². The monoisotopic (exact) mass is 412 g/mol. The van der Waals surface area contributed by atoms with Crippen molar-refractivity contribution in [2.45, 2.75) is 20.0 Å². The van der Waals surface area contributed by atoms with Crippen LogP contribution >= 0.6 is 0 Å². The number of likely N-dealkylation sites (N-methyl/N-ethyl adjacent to an activating group) is 1. The number of rotatable bonds is 8. The maximum absolute atomic E-state index is 13.2. The second kappa shape index (κ2) is 10.8. The van der Waals surface area contributed by atoms with Gasteiger partial charge in [-0.3, -0.25) is 14.5 Å². The number of benzene rings is 2. The second-order valence-electron chi connectivity index (χ2n) is 7.50. The van der Waals surface area contributed by atoms with Crippen molar-refractivity contribution in [2.24, 2.45) is 0 Å². The Bertz CT molecular complexity index is 849. The summed E-state index contributed by atoms with van der Waals surface area (Å²) in [7, 11) is 0. The first-order valence-corrected chi connectivity index (χ1v) is 10.4. The highest BCUT2D eigenvalue weighted by Gasteiger charge is 2.15. The molecule has 1 heterocycles. The van der Waals surface area contributed by atoms with Crippen molar-refractivity contribution >= 4 is 11.8 Å². The smallest absolute Gasteiger partial charge is 0.251 e. The van der Waals surface area contributed by atoms with Gasteiger partial charge < -0.3 is 15.5 Å². The lowest BCUT2D eigenvalue weighted by molar-refractivity contribution is -0.120. The minimum atomic E-state index is -0.487. The fraction of sp³-hybridized carbons (Fsp3) is 0.391. The molecule has 30 heavy (non-hydrogen) atoms. The van der Waals surface area contributed by atoms with Crippen molar-refractivity contribution in [3.8, 4) is 0 Å². The highest BCUT2D eigenvalue weighted by molar-refractivity contribution is 5.96. The lowest BCUT2D eigenvalue weighted by Crippen LogP contribution is -2.45. The molecule has 0 radical (unpaired) electrons. The molecule has 0 spiro atoms. The summed E-state index contributed by atoms with van der Waals surface area (Å²) in [6.07, 6.45) is 0. The summed E-state index contributed by atoms with van der Waals surface area (Å²) >= 11 is 0. The predicted molar refractivity (Wildman–Crippen MR) is 114 cm³/mol. The van der Waals surface area contributed by atoms with Gasteiger partial charge in [-0.1, -0.05) is 37.3 Å². The zero-order valence-corrected chi connectivity index (χ0v) is 17.4. The Morgan fingerprint density at radius 1 is 0.933 bits per heavy atom. The van der Waals surface area contributed by atoms with Gasteiger partial charge in [0, 0.05) is 44.8 Å². The van der Waals surface area contributed by atoms with Gasteiger partial charge in [-0.2, -0.15) is 0 Å². The molecule has 0 atom stereocenters. The van der Waals surface area contributed by atoms with Crippen LogP contribution in [0.2, 0.25) is 0 Å². The number of nitrogens with zero attached hydrogens (tertiary/aromatic N) is 2. The molecule has 2 aromatic rings. The first-order valence-electron chi connectivity index (χ1n) is 10.4. The zero-order valence-electron chi connectivity index (χ0n) is 17.4. The number of halogens is 1. The summed E-state index contributed by atoms with van der Waals surface area (Å²) < 4.78 is 13.2. The highest BCUT2D eigenvalue weighted by Crippen LogP contribution is 2.10. The number of hydrogen-bond acceptors (Lipinski definition) is 4. The van der Waals surface area contributed by atoms with Gasteiger partial charge in [0.2, 0.25) is 5.91 Å². The van der Waals surface area contributed by atoms with Crippen LogP contribution in [-0.2, 0) is 17.9 Å². The summed E-state index contributed by atoms with van der Waals surface area (Å²) in [5.41, 5.74) is 2.45. The maximum atomic E-state index is 13.2. The first-order chi connectivity index (χ1) is 14.5. The Balaban J connectivity index is 1.38. The molecule has 1 saturated heterocycles. The van der Waals surface area contributed by atoms with Crippen molar-refractivity contribution in [1.29, 1.82) is 0 Å². The molecule has 2 amide bonds. The van der Waals surface area contributed by atoms with Crippen molar-refractivity contribution in [3.05, 3.63) is 71.0 Å². The van der Waals surface area contributed by atoms with Gasteiger partial charge in [0.25, 0.3) is 5.91 Å². The molecular weight excluding hydrogens is 383 g/mol. The van der Waals surface area contributed by atoms with Gasteiger partial charge in [-0.25, -0.2) is 4.39 Å². The van der Waals surface area contributed by atoms with E-state index in [2.05, 4.69) is 39.5 Å². The summed E-state index contributed by atoms with van der Waals surface area (Å²) in [5.74, 6) is -1.26. The molecule has 1 aliphatic heterocycles. The topological polar surface area (TPSA) is 64.7 Å². The molecule has 2 aromatic carbocycles. The summed E-state index contributed by atoms with van der Waals surface area (Å²) in [6.45, 7) is 8.92. The number of nitrogens with one attached hydrogen (secondary N) is 2. The van der Waals surface area contributed by atoms with E-state index in [1.807, 2.05) is 12.1 Å². The number of hydrogen-bond donors (Lipinski definition) is 2. The van der Waals surface area contributed by atoms with E-state index in [1.54, 1.807) is 0 Å². The largest absolute Gasteiger partial charge is 0.350 e. The Hall–Kier alpha value is -2.77. The van der Waals surface area contributed by atoms with Crippen molar-refractivity contribution in [3.63, 3.8) is 0 Å². The summed E-state index contributed by atoms with van der Waals surface area (Å²) in [6, 6.07) is 13.6. The van der Waals surface area contributed by atoms with E-state index >= 15 is 0 Å². The van der Waals surface area contributed by atoms with E-state index in [4.69, 9.17) is 0 Å². The molecule has 6 nitrogen and oxygen atoms in total. The minimum absolute atomic E-state index is 0.156. The molecule has 0 aliphatic carbocycles. The Labute approximate surface area is 177 Å². The third-order valence-electron chi connectivity index (χ3n) is 5.33. The van der Waals surface area contributed by atoms with Gasteiger partial charge in [0.15, 0.2) is 0 Å². The lowest BCUT2D eigenvalue weighted by Gasteiger charge is -2.34. The fourth-order valence-corrected chi connectivity index (χ4v) is 3.44. The molecule has 160 valence electrons. The van der Waals surface area contributed by atoms with Gasteiger partial charge in [-0.05, 0) is 35.9 Å². The standard InChI is InChI=1S/C23H29FN4O2/c1-2-27-10-12-28(13-11-27)17-19-8-6-18(7-9-19)15-25-22(29)16-26-23(30)20-4-3-5-21(24)14-20/h3-9,14H,2,10-13,15-17H2,1H3,(H,25,29)(H,26,30). The van der Waals surface area contributed by atoms with E-state index in [9.17, 15) is 14.0 Å². The van der Waals surface area contributed by atoms with Crippen LogP contribution in [0.5, 0.6) is 0 Å². The van der Waals surface area contributed by atoms with Gasteiger partial charge >= 0.3 is 0 Å². The summed E-state index contributed by atoms with van der Waals surface area (Å²) in [5, 5.41) is 5.28. The van der Waals surface area contributed by atoms with E-state index in [-0.39, 0.29) is 18.0 Å².